The highest BCUT2D eigenvalue weighted by Crippen LogP contribution is 2.25. The number of carbonyl (C=O) groups excluding carboxylic acids is 1. The number of hydrogen-bond donors (Lipinski definition) is 1. The summed E-state index contributed by atoms with van der Waals surface area (Å²) in [5, 5.41) is 9.61. The number of carbonyl (C=O) groups is 1. The number of likely N-dealkylation sites (N-methyl/N-ethyl adjacent to an activating group) is 1. The third-order valence-electron chi connectivity index (χ3n) is 4.05. The van der Waals surface area contributed by atoms with Crippen molar-refractivity contribution in [2.45, 2.75) is 44.8 Å². The lowest BCUT2D eigenvalue weighted by Crippen LogP contribution is -2.46. The molecule has 1 heterocycles. The van der Waals surface area contributed by atoms with Crippen molar-refractivity contribution in [1.82, 2.24) is 9.80 Å². The largest absolute Gasteiger partial charge is 0.393 e. The second kappa shape index (κ2) is 5.36. The first kappa shape index (κ1) is 12.8. The Morgan fingerprint density at radius 2 is 2.18 bits per heavy atom. The number of rotatable bonds is 4. The molecular weight excluding hydrogens is 216 g/mol. The van der Waals surface area contributed by atoms with Gasteiger partial charge in [-0.2, -0.15) is 0 Å². The van der Waals surface area contributed by atoms with Gasteiger partial charge >= 0.3 is 0 Å². The van der Waals surface area contributed by atoms with E-state index in [-0.39, 0.29) is 17.9 Å². The highest BCUT2D eigenvalue weighted by molar-refractivity contribution is 5.78. The monoisotopic (exact) mass is 240 g/mol. The lowest BCUT2D eigenvalue weighted by atomic mass is 9.93. The van der Waals surface area contributed by atoms with E-state index < -0.39 is 0 Å². The van der Waals surface area contributed by atoms with E-state index in [2.05, 4.69) is 4.90 Å². The summed E-state index contributed by atoms with van der Waals surface area (Å²) >= 11 is 0. The van der Waals surface area contributed by atoms with Crippen molar-refractivity contribution in [2.24, 2.45) is 5.92 Å². The van der Waals surface area contributed by atoms with Crippen molar-refractivity contribution in [2.75, 3.05) is 26.7 Å². The smallest absolute Gasteiger partial charge is 0.236 e. The Bertz CT molecular complexity index is 277. The molecule has 4 heteroatoms. The highest BCUT2D eigenvalue weighted by Gasteiger charge is 2.30. The molecule has 2 aliphatic rings. The maximum atomic E-state index is 12.1. The fraction of sp³-hybridized carbons (Fsp3) is 0.923. The standard InChI is InChI=1S/C13H24N2O2/c1-10(16)11-4-3-7-15(8-11)13(17)9-14(2)12-5-6-12/h10-12,16H,3-9H2,1-2H3. The molecule has 0 bridgehead atoms. The average Bonchev–Trinajstić information content (AvgIpc) is 3.12. The lowest BCUT2D eigenvalue weighted by Gasteiger charge is -2.35. The molecule has 4 nitrogen and oxygen atoms in total. The van der Waals surface area contributed by atoms with Crippen molar-refractivity contribution in [3.63, 3.8) is 0 Å². The molecule has 2 fully saturated rings. The molecule has 1 saturated carbocycles. The molecule has 0 spiro atoms. The summed E-state index contributed by atoms with van der Waals surface area (Å²) in [5.74, 6) is 0.490. The van der Waals surface area contributed by atoms with E-state index in [1.54, 1.807) is 0 Å². The fourth-order valence-corrected chi connectivity index (χ4v) is 2.59. The van der Waals surface area contributed by atoms with E-state index in [1.807, 2.05) is 18.9 Å². The zero-order valence-corrected chi connectivity index (χ0v) is 10.9. The molecular formula is C13H24N2O2. The summed E-state index contributed by atoms with van der Waals surface area (Å²) in [7, 11) is 2.03. The van der Waals surface area contributed by atoms with Crippen LogP contribution >= 0.6 is 0 Å². The summed E-state index contributed by atoms with van der Waals surface area (Å²) in [6.07, 6.45) is 4.24. The van der Waals surface area contributed by atoms with Crippen LogP contribution < -0.4 is 0 Å². The van der Waals surface area contributed by atoms with E-state index in [4.69, 9.17) is 0 Å². The lowest BCUT2D eigenvalue weighted by molar-refractivity contribution is -0.134. The van der Waals surface area contributed by atoms with Gasteiger partial charge in [-0.15, -0.1) is 0 Å². The second-order valence-electron chi connectivity index (χ2n) is 5.63. The van der Waals surface area contributed by atoms with Crippen LogP contribution in [0.1, 0.15) is 32.6 Å². The second-order valence-corrected chi connectivity index (χ2v) is 5.63. The van der Waals surface area contributed by atoms with Gasteiger partial charge in [-0.25, -0.2) is 0 Å². The van der Waals surface area contributed by atoms with E-state index in [1.165, 1.54) is 12.8 Å². The van der Waals surface area contributed by atoms with Crippen LogP contribution in [-0.2, 0) is 4.79 Å². The van der Waals surface area contributed by atoms with Crippen molar-refractivity contribution >= 4 is 5.91 Å². The Kier molecular flexibility index (Phi) is 4.05. The molecule has 0 aromatic rings. The first-order valence-electron chi connectivity index (χ1n) is 6.74. The molecule has 1 N–H and O–H groups in total. The summed E-state index contributed by atoms with van der Waals surface area (Å²) in [6.45, 7) is 3.96. The van der Waals surface area contributed by atoms with Gasteiger partial charge in [-0.1, -0.05) is 0 Å². The van der Waals surface area contributed by atoms with E-state index in [0.717, 1.165) is 25.9 Å². The molecule has 1 saturated heterocycles. The summed E-state index contributed by atoms with van der Waals surface area (Å²) < 4.78 is 0. The molecule has 2 rings (SSSR count). The molecule has 17 heavy (non-hydrogen) atoms. The van der Waals surface area contributed by atoms with E-state index in [0.29, 0.717) is 12.6 Å². The number of piperidine rings is 1. The molecule has 2 atom stereocenters. The predicted molar refractivity (Wildman–Crippen MR) is 66.6 cm³/mol. The van der Waals surface area contributed by atoms with Gasteiger partial charge in [0.15, 0.2) is 0 Å². The number of nitrogens with zero attached hydrogens (tertiary/aromatic N) is 2. The molecule has 1 aliphatic carbocycles. The number of aliphatic hydroxyl groups excluding tert-OH is 1. The van der Waals surface area contributed by atoms with Crippen LogP contribution in [0, 0.1) is 5.92 Å². The molecule has 98 valence electrons. The van der Waals surface area contributed by atoms with Crippen LogP contribution in [0.5, 0.6) is 0 Å². The van der Waals surface area contributed by atoms with Crippen LogP contribution in [0.15, 0.2) is 0 Å². The van der Waals surface area contributed by atoms with E-state index in [9.17, 15) is 9.90 Å². The topological polar surface area (TPSA) is 43.8 Å². The Morgan fingerprint density at radius 3 is 2.76 bits per heavy atom. The zero-order chi connectivity index (χ0) is 12.4. The molecule has 1 aliphatic heterocycles. The first-order chi connectivity index (χ1) is 8.08. The molecule has 0 radical (unpaired) electrons. The third kappa shape index (κ3) is 3.42. The average molecular weight is 240 g/mol. The van der Waals surface area contributed by atoms with E-state index >= 15 is 0 Å². The third-order valence-corrected chi connectivity index (χ3v) is 4.05. The SMILES string of the molecule is CC(O)C1CCCN(C(=O)CN(C)C2CC2)C1. The van der Waals surface area contributed by atoms with Gasteiger partial charge < -0.3 is 10.0 Å². The van der Waals surface area contributed by atoms with Crippen LogP contribution in [0.2, 0.25) is 0 Å². The molecule has 2 unspecified atom stereocenters. The fourth-order valence-electron chi connectivity index (χ4n) is 2.59. The number of aliphatic hydroxyl groups is 1. The van der Waals surface area contributed by atoms with Gasteiger partial charge in [0.05, 0.1) is 12.6 Å². The van der Waals surface area contributed by atoms with Crippen molar-refractivity contribution in [3.05, 3.63) is 0 Å². The van der Waals surface area contributed by atoms with Gasteiger partial charge in [0.25, 0.3) is 0 Å². The van der Waals surface area contributed by atoms with Crippen LogP contribution in [0.3, 0.4) is 0 Å². The maximum absolute atomic E-state index is 12.1. The number of likely N-dealkylation sites (tertiary alicyclic amines) is 1. The van der Waals surface area contributed by atoms with Gasteiger partial charge in [0.2, 0.25) is 5.91 Å². The number of amides is 1. The minimum Gasteiger partial charge on any atom is -0.393 e. The summed E-state index contributed by atoms with van der Waals surface area (Å²) in [5.41, 5.74) is 0. The van der Waals surface area contributed by atoms with Gasteiger partial charge in [-0.05, 0) is 39.7 Å². The predicted octanol–water partition coefficient (Wildman–Crippen LogP) is 0.700. The minimum absolute atomic E-state index is 0.227. The van der Waals surface area contributed by atoms with Gasteiger partial charge in [-0.3, -0.25) is 9.69 Å². The minimum atomic E-state index is -0.299. The van der Waals surface area contributed by atoms with Crippen LogP contribution in [0.4, 0.5) is 0 Å². The van der Waals surface area contributed by atoms with Crippen molar-refractivity contribution < 1.29 is 9.90 Å². The quantitative estimate of drug-likeness (QED) is 0.786. The number of hydrogen-bond acceptors (Lipinski definition) is 3. The Balaban J connectivity index is 1.81. The molecule has 0 aromatic carbocycles. The Morgan fingerprint density at radius 1 is 1.47 bits per heavy atom. The van der Waals surface area contributed by atoms with Gasteiger partial charge in [0.1, 0.15) is 0 Å². The van der Waals surface area contributed by atoms with Crippen LogP contribution in [-0.4, -0.2) is 59.6 Å². The van der Waals surface area contributed by atoms with Crippen LogP contribution in [0.25, 0.3) is 0 Å². The normalized spacial score (nSPS) is 27.3. The zero-order valence-electron chi connectivity index (χ0n) is 10.9. The van der Waals surface area contributed by atoms with Crippen molar-refractivity contribution in [3.8, 4) is 0 Å². The summed E-state index contributed by atoms with van der Waals surface area (Å²) in [4.78, 5) is 16.2. The maximum Gasteiger partial charge on any atom is 0.236 e. The van der Waals surface area contributed by atoms with Crippen molar-refractivity contribution in [1.29, 1.82) is 0 Å². The molecule has 0 aromatic heterocycles. The van der Waals surface area contributed by atoms with Gasteiger partial charge in [0, 0.05) is 25.0 Å². The Labute approximate surface area is 104 Å². The molecule has 1 amide bonds. The summed E-state index contributed by atoms with van der Waals surface area (Å²) in [6, 6.07) is 0.635. The first-order valence-corrected chi connectivity index (χ1v) is 6.74. The highest BCUT2D eigenvalue weighted by atomic mass is 16.3. The Hall–Kier alpha value is -0.610.